The minimum Gasteiger partial charge on any atom is -0.456 e. The van der Waals surface area contributed by atoms with Crippen molar-refractivity contribution in [1.82, 2.24) is 0 Å². The highest BCUT2D eigenvalue weighted by atomic mass is 16.3. The minimum absolute atomic E-state index is 0.928. The van der Waals surface area contributed by atoms with Crippen molar-refractivity contribution in [3.05, 3.63) is 158 Å². The van der Waals surface area contributed by atoms with E-state index in [2.05, 4.69) is 146 Å². The molecule has 1 heterocycles. The zero-order chi connectivity index (χ0) is 28.3. The molecule has 0 aliphatic heterocycles. The molecule has 8 aromatic carbocycles. The highest BCUT2D eigenvalue weighted by molar-refractivity contribution is 6.22. The smallest absolute Gasteiger partial charge is 0.136 e. The summed E-state index contributed by atoms with van der Waals surface area (Å²) in [4.78, 5) is 0. The van der Waals surface area contributed by atoms with Gasteiger partial charge in [-0.15, -0.1) is 0 Å². The Bertz CT molecular complexity index is 2420. The maximum atomic E-state index is 6.18. The van der Waals surface area contributed by atoms with Crippen LogP contribution in [0.1, 0.15) is 0 Å². The van der Waals surface area contributed by atoms with E-state index in [4.69, 9.17) is 4.42 Å². The molecule has 0 bridgehead atoms. The summed E-state index contributed by atoms with van der Waals surface area (Å²) >= 11 is 0. The first-order valence-electron chi connectivity index (χ1n) is 14.8. The summed E-state index contributed by atoms with van der Waals surface area (Å²) in [5.41, 5.74) is 9.32. The summed E-state index contributed by atoms with van der Waals surface area (Å²) in [5.74, 6) is 0. The van der Waals surface area contributed by atoms with E-state index in [1.807, 2.05) is 12.1 Å². The van der Waals surface area contributed by atoms with Gasteiger partial charge in [-0.1, -0.05) is 133 Å². The third-order valence-corrected chi connectivity index (χ3v) is 8.84. The maximum absolute atomic E-state index is 6.18. The Morgan fingerprint density at radius 3 is 1.47 bits per heavy atom. The number of para-hydroxylation sites is 1. The van der Waals surface area contributed by atoms with Crippen LogP contribution < -0.4 is 0 Å². The Balaban J connectivity index is 1.28. The molecule has 1 heteroatoms. The summed E-state index contributed by atoms with van der Waals surface area (Å²) < 4.78 is 6.18. The van der Waals surface area contributed by atoms with Crippen LogP contribution in [0.15, 0.2) is 162 Å². The molecular weight excluding hydrogens is 520 g/mol. The Morgan fingerprint density at radius 1 is 0.279 bits per heavy atom. The molecule has 43 heavy (non-hydrogen) atoms. The van der Waals surface area contributed by atoms with Crippen molar-refractivity contribution in [2.45, 2.75) is 0 Å². The molecule has 0 aliphatic carbocycles. The van der Waals surface area contributed by atoms with Gasteiger partial charge in [0.15, 0.2) is 0 Å². The fraction of sp³-hybridized carbons (Fsp3) is 0. The standard InChI is InChI=1S/C42H26O/c1-2-10-27(11-3-1)28-18-20-29(21-19-28)41-34-13-4-6-15-36(34)42(37-16-7-5-14-35(37)41)31-23-22-30-26-40-38(25-32(30)24-31)33-12-8-9-17-39(33)43-40/h1-26H. The molecule has 9 rings (SSSR count). The molecule has 0 unspecified atom stereocenters. The van der Waals surface area contributed by atoms with Crippen molar-refractivity contribution in [2.75, 3.05) is 0 Å². The summed E-state index contributed by atoms with van der Waals surface area (Å²) in [5, 5.41) is 9.76. The fourth-order valence-electron chi connectivity index (χ4n) is 6.83. The first-order chi connectivity index (χ1) is 21.3. The normalized spacial score (nSPS) is 11.7. The summed E-state index contributed by atoms with van der Waals surface area (Å²) in [6.45, 7) is 0. The quantitative estimate of drug-likeness (QED) is 0.201. The van der Waals surface area contributed by atoms with Gasteiger partial charge in [0.1, 0.15) is 11.2 Å². The Kier molecular flexibility index (Phi) is 5.27. The van der Waals surface area contributed by atoms with Gasteiger partial charge in [-0.05, 0) is 90.0 Å². The predicted octanol–water partition coefficient (Wildman–Crippen LogP) is 12.0. The lowest BCUT2D eigenvalue weighted by molar-refractivity contribution is 0.669. The Morgan fingerprint density at radius 2 is 0.791 bits per heavy atom. The summed E-state index contributed by atoms with van der Waals surface area (Å²) in [7, 11) is 0. The average molecular weight is 547 g/mol. The maximum Gasteiger partial charge on any atom is 0.136 e. The lowest BCUT2D eigenvalue weighted by Gasteiger charge is -2.18. The van der Waals surface area contributed by atoms with Gasteiger partial charge in [0.25, 0.3) is 0 Å². The van der Waals surface area contributed by atoms with Gasteiger partial charge in [-0.2, -0.15) is 0 Å². The molecule has 9 aromatic rings. The molecule has 0 radical (unpaired) electrons. The van der Waals surface area contributed by atoms with E-state index in [9.17, 15) is 0 Å². The van der Waals surface area contributed by atoms with E-state index in [1.54, 1.807) is 0 Å². The van der Waals surface area contributed by atoms with E-state index in [0.29, 0.717) is 0 Å². The van der Waals surface area contributed by atoms with E-state index < -0.39 is 0 Å². The number of fused-ring (bicyclic) bond motifs is 6. The SMILES string of the molecule is c1ccc(-c2ccc(-c3c4ccccc4c(-c4ccc5cc6oc7ccccc7c6cc5c4)c4ccccc34)cc2)cc1. The highest BCUT2D eigenvalue weighted by Crippen LogP contribution is 2.44. The van der Waals surface area contributed by atoms with E-state index in [1.165, 1.54) is 65.7 Å². The van der Waals surface area contributed by atoms with Gasteiger partial charge >= 0.3 is 0 Å². The minimum atomic E-state index is 0.928. The molecular formula is C42H26O. The van der Waals surface area contributed by atoms with Crippen LogP contribution in [-0.4, -0.2) is 0 Å². The van der Waals surface area contributed by atoms with E-state index >= 15 is 0 Å². The second-order valence-corrected chi connectivity index (χ2v) is 11.3. The molecule has 0 fully saturated rings. The third-order valence-electron chi connectivity index (χ3n) is 8.84. The number of hydrogen-bond acceptors (Lipinski definition) is 1. The zero-order valence-corrected chi connectivity index (χ0v) is 23.4. The first kappa shape index (κ1) is 24.0. The predicted molar refractivity (Wildman–Crippen MR) is 183 cm³/mol. The Hall–Kier alpha value is -5.66. The van der Waals surface area contributed by atoms with Crippen LogP contribution in [0.25, 0.3) is 87.6 Å². The monoisotopic (exact) mass is 546 g/mol. The van der Waals surface area contributed by atoms with Crippen LogP contribution in [0, 0.1) is 0 Å². The van der Waals surface area contributed by atoms with Crippen LogP contribution >= 0.6 is 0 Å². The van der Waals surface area contributed by atoms with Crippen molar-refractivity contribution < 1.29 is 4.42 Å². The first-order valence-corrected chi connectivity index (χ1v) is 14.8. The van der Waals surface area contributed by atoms with Crippen molar-refractivity contribution >= 4 is 54.3 Å². The third kappa shape index (κ3) is 3.79. The number of benzene rings is 8. The average Bonchev–Trinajstić information content (AvgIpc) is 3.43. The van der Waals surface area contributed by atoms with Crippen molar-refractivity contribution in [3.63, 3.8) is 0 Å². The summed E-state index contributed by atoms with van der Waals surface area (Å²) in [6, 6.07) is 56.9. The molecule has 0 saturated heterocycles. The van der Waals surface area contributed by atoms with Crippen molar-refractivity contribution in [3.8, 4) is 33.4 Å². The lowest BCUT2D eigenvalue weighted by atomic mass is 9.85. The van der Waals surface area contributed by atoms with Crippen molar-refractivity contribution in [1.29, 1.82) is 0 Å². The summed E-state index contributed by atoms with van der Waals surface area (Å²) in [6.07, 6.45) is 0. The van der Waals surface area contributed by atoms with Gasteiger partial charge in [0.05, 0.1) is 0 Å². The highest BCUT2D eigenvalue weighted by Gasteiger charge is 2.17. The van der Waals surface area contributed by atoms with Crippen LogP contribution in [0.5, 0.6) is 0 Å². The largest absolute Gasteiger partial charge is 0.456 e. The molecule has 0 aliphatic rings. The van der Waals surface area contributed by atoms with E-state index in [0.717, 1.165) is 21.9 Å². The molecule has 0 saturated carbocycles. The molecule has 1 nitrogen and oxygen atoms in total. The van der Waals surface area contributed by atoms with E-state index in [-0.39, 0.29) is 0 Å². The van der Waals surface area contributed by atoms with Crippen LogP contribution in [0.4, 0.5) is 0 Å². The van der Waals surface area contributed by atoms with Gasteiger partial charge in [0, 0.05) is 10.8 Å². The van der Waals surface area contributed by atoms with Gasteiger partial charge in [-0.3, -0.25) is 0 Å². The molecule has 0 amide bonds. The second-order valence-electron chi connectivity index (χ2n) is 11.3. The van der Waals surface area contributed by atoms with Gasteiger partial charge < -0.3 is 4.42 Å². The number of furan rings is 1. The van der Waals surface area contributed by atoms with Crippen LogP contribution in [-0.2, 0) is 0 Å². The topological polar surface area (TPSA) is 13.1 Å². The van der Waals surface area contributed by atoms with Crippen molar-refractivity contribution in [2.24, 2.45) is 0 Å². The van der Waals surface area contributed by atoms with Gasteiger partial charge in [0.2, 0.25) is 0 Å². The van der Waals surface area contributed by atoms with Crippen LogP contribution in [0.3, 0.4) is 0 Å². The number of rotatable bonds is 3. The second kappa shape index (κ2) is 9.44. The molecule has 0 spiro atoms. The molecule has 0 atom stereocenters. The van der Waals surface area contributed by atoms with Crippen LogP contribution in [0.2, 0.25) is 0 Å². The number of hydrogen-bond donors (Lipinski definition) is 0. The molecule has 0 N–H and O–H groups in total. The zero-order valence-electron chi connectivity index (χ0n) is 23.4. The Labute approximate surface area is 249 Å². The fourth-order valence-corrected chi connectivity index (χ4v) is 6.83. The molecule has 1 aromatic heterocycles. The van der Waals surface area contributed by atoms with Gasteiger partial charge in [-0.25, -0.2) is 0 Å². The lowest BCUT2D eigenvalue weighted by Crippen LogP contribution is -1.91. The molecule has 200 valence electrons.